The van der Waals surface area contributed by atoms with Crippen molar-refractivity contribution in [1.29, 1.82) is 0 Å². The highest BCUT2D eigenvalue weighted by Gasteiger charge is 2.37. The van der Waals surface area contributed by atoms with Gasteiger partial charge in [-0.3, -0.25) is 19.8 Å². The Kier molecular flexibility index (Phi) is 12.2. The molecule has 4 aromatic rings. The first-order valence-corrected chi connectivity index (χ1v) is 18.4. The van der Waals surface area contributed by atoms with Crippen LogP contribution in [0, 0.1) is 0 Å². The molecule has 2 heterocycles. The Morgan fingerprint density at radius 1 is 0.898 bits per heavy atom. The average Bonchev–Trinajstić information content (AvgIpc) is 3.63. The molecule has 49 heavy (non-hydrogen) atoms. The topological polar surface area (TPSA) is 90.7 Å². The molecule has 4 N–H and O–H groups in total. The van der Waals surface area contributed by atoms with E-state index in [0.29, 0.717) is 29.6 Å². The second-order valence-electron chi connectivity index (χ2n) is 13.5. The van der Waals surface area contributed by atoms with Gasteiger partial charge in [0.15, 0.2) is 0 Å². The Morgan fingerprint density at radius 3 is 2.49 bits per heavy atom. The lowest BCUT2D eigenvalue weighted by molar-refractivity contribution is -0.141. The maximum atomic E-state index is 14.5. The fourth-order valence-corrected chi connectivity index (χ4v) is 7.83. The van der Waals surface area contributed by atoms with Gasteiger partial charge in [-0.1, -0.05) is 108 Å². The number of nitrogens with one attached hydrogen (secondary N) is 2. The zero-order valence-corrected chi connectivity index (χ0v) is 29.5. The van der Waals surface area contributed by atoms with Gasteiger partial charge in [-0.15, -0.1) is 0 Å². The lowest BCUT2D eigenvalue weighted by Crippen LogP contribution is -2.61. The molecule has 9 heteroatoms. The third-order valence-corrected chi connectivity index (χ3v) is 10.7. The van der Waals surface area contributed by atoms with Crippen LogP contribution in [0.4, 0.5) is 0 Å². The van der Waals surface area contributed by atoms with E-state index in [0.717, 1.165) is 62.9 Å². The molecule has 2 aliphatic heterocycles. The van der Waals surface area contributed by atoms with Crippen LogP contribution in [-0.2, 0) is 22.4 Å². The quantitative estimate of drug-likeness (QED) is 0.138. The average molecular weight is 701 g/mol. The SMILES string of the molecule is NCCCC[C@H]1CN(CCc2ccc3ccccc3c2)CCN1C(=O)[C@@H](Cc1ccc(Cl)cc1Cl)NC(=O)[C@@H]1CC[C@H](c2ccccc2)N1. The van der Waals surface area contributed by atoms with E-state index in [4.69, 9.17) is 28.9 Å². The van der Waals surface area contributed by atoms with Gasteiger partial charge in [-0.25, -0.2) is 0 Å². The number of nitrogens with zero attached hydrogens (tertiary/aromatic N) is 2. The van der Waals surface area contributed by atoms with Crippen molar-refractivity contribution in [1.82, 2.24) is 20.4 Å². The molecule has 2 fully saturated rings. The van der Waals surface area contributed by atoms with Crippen LogP contribution in [0.25, 0.3) is 10.8 Å². The van der Waals surface area contributed by atoms with Crippen molar-refractivity contribution >= 4 is 45.8 Å². The van der Waals surface area contributed by atoms with Crippen molar-refractivity contribution < 1.29 is 9.59 Å². The number of carbonyl (C=O) groups excluding carboxylic acids is 2. The van der Waals surface area contributed by atoms with Gasteiger partial charge in [0.05, 0.1) is 6.04 Å². The Labute approximate surface area is 300 Å². The number of unbranched alkanes of at least 4 members (excludes halogenated alkanes) is 1. The Hall–Kier alpha value is -3.46. The van der Waals surface area contributed by atoms with Gasteiger partial charge in [0.2, 0.25) is 11.8 Å². The standard InChI is InChI=1S/C40H47Cl2N5O2/c41-33-16-15-32(35(42)26-33)25-38(45-39(48)37-18-17-36(44-37)30-9-2-1-3-10-30)40(49)47-23-22-46(27-34(47)12-6-7-20-43)21-19-28-13-14-29-8-4-5-11-31(29)24-28/h1-5,8-11,13-16,24,26,34,36-38,44H,6-7,12,17-23,25,27,43H2,(H,45,48)/t34-,36+,37-,38+/m0/s1. The Bertz CT molecular complexity index is 1720. The van der Waals surface area contributed by atoms with Crippen LogP contribution in [0.1, 0.15) is 54.8 Å². The summed E-state index contributed by atoms with van der Waals surface area (Å²) in [5, 5.41) is 10.2. The number of nitrogens with two attached hydrogens (primary N) is 1. The van der Waals surface area contributed by atoms with Crippen molar-refractivity contribution in [2.75, 3.05) is 32.7 Å². The molecule has 0 unspecified atom stereocenters. The van der Waals surface area contributed by atoms with E-state index in [1.54, 1.807) is 12.1 Å². The van der Waals surface area contributed by atoms with E-state index in [2.05, 4.69) is 70.1 Å². The van der Waals surface area contributed by atoms with Gasteiger partial charge in [-0.05, 0) is 78.2 Å². The molecule has 0 spiro atoms. The summed E-state index contributed by atoms with van der Waals surface area (Å²) in [6, 6.07) is 29.6. The van der Waals surface area contributed by atoms with E-state index >= 15 is 0 Å². The number of hydrogen-bond donors (Lipinski definition) is 3. The van der Waals surface area contributed by atoms with Crippen LogP contribution in [0.3, 0.4) is 0 Å². The molecule has 0 aromatic heterocycles. The summed E-state index contributed by atoms with van der Waals surface area (Å²) in [7, 11) is 0. The molecule has 0 aliphatic carbocycles. The minimum Gasteiger partial charge on any atom is -0.343 e. The predicted octanol–water partition coefficient (Wildman–Crippen LogP) is 6.55. The molecule has 2 saturated heterocycles. The Morgan fingerprint density at radius 2 is 1.69 bits per heavy atom. The molecule has 258 valence electrons. The Balaban J connectivity index is 1.16. The molecular formula is C40H47Cl2N5O2. The zero-order chi connectivity index (χ0) is 34.2. The van der Waals surface area contributed by atoms with Crippen LogP contribution < -0.4 is 16.4 Å². The van der Waals surface area contributed by atoms with Crippen molar-refractivity contribution in [3.8, 4) is 0 Å². The predicted molar refractivity (Wildman–Crippen MR) is 200 cm³/mol. The highest BCUT2D eigenvalue weighted by Crippen LogP contribution is 2.28. The largest absolute Gasteiger partial charge is 0.343 e. The van der Waals surface area contributed by atoms with Gasteiger partial charge in [0.25, 0.3) is 0 Å². The summed E-state index contributed by atoms with van der Waals surface area (Å²) in [5.41, 5.74) is 9.13. The fourth-order valence-electron chi connectivity index (χ4n) is 7.34. The lowest BCUT2D eigenvalue weighted by Gasteiger charge is -2.43. The summed E-state index contributed by atoms with van der Waals surface area (Å²) in [6.07, 6.45) is 5.50. The van der Waals surface area contributed by atoms with E-state index in [-0.39, 0.29) is 36.4 Å². The molecule has 0 radical (unpaired) electrons. The molecule has 0 saturated carbocycles. The second-order valence-corrected chi connectivity index (χ2v) is 14.3. The number of amides is 2. The van der Waals surface area contributed by atoms with Crippen LogP contribution in [0.15, 0.2) is 91.0 Å². The maximum absolute atomic E-state index is 14.5. The van der Waals surface area contributed by atoms with Crippen molar-refractivity contribution in [3.05, 3.63) is 118 Å². The highest BCUT2D eigenvalue weighted by molar-refractivity contribution is 6.35. The van der Waals surface area contributed by atoms with Gasteiger partial charge in [0, 0.05) is 54.7 Å². The zero-order valence-electron chi connectivity index (χ0n) is 28.0. The molecule has 4 aromatic carbocycles. The summed E-state index contributed by atoms with van der Waals surface area (Å²) >= 11 is 12.8. The molecule has 2 amide bonds. The van der Waals surface area contributed by atoms with E-state index in [1.165, 1.54) is 16.3 Å². The second kappa shape index (κ2) is 17.0. The molecule has 2 aliphatic rings. The molecule has 0 bridgehead atoms. The van der Waals surface area contributed by atoms with Gasteiger partial charge >= 0.3 is 0 Å². The number of fused-ring (bicyclic) bond motifs is 1. The first-order valence-electron chi connectivity index (χ1n) is 17.6. The molecule has 4 atom stereocenters. The minimum atomic E-state index is -0.759. The first-order chi connectivity index (χ1) is 23.9. The summed E-state index contributed by atoms with van der Waals surface area (Å²) < 4.78 is 0. The van der Waals surface area contributed by atoms with Crippen LogP contribution in [0.5, 0.6) is 0 Å². The summed E-state index contributed by atoms with van der Waals surface area (Å²) in [5.74, 6) is -0.223. The van der Waals surface area contributed by atoms with Gasteiger partial charge in [0.1, 0.15) is 6.04 Å². The smallest absolute Gasteiger partial charge is 0.245 e. The molecule has 7 nitrogen and oxygen atoms in total. The molecule has 6 rings (SSSR count). The third-order valence-electron chi connectivity index (χ3n) is 10.1. The van der Waals surface area contributed by atoms with E-state index in [9.17, 15) is 9.59 Å². The maximum Gasteiger partial charge on any atom is 0.245 e. The number of carbonyl (C=O) groups is 2. The van der Waals surface area contributed by atoms with Crippen molar-refractivity contribution in [2.24, 2.45) is 5.73 Å². The van der Waals surface area contributed by atoms with Gasteiger partial charge < -0.3 is 16.0 Å². The number of benzene rings is 4. The first kappa shape index (κ1) is 35.4. The normalized spacial score (nSPS) is 20.4. The van der Waals surface area contributed by atoms with Crippen LogP contribution >= 0.6 is 23.2 Å². The van der Waals surface area contributed by atoms with E-state index in [1.807, 2.05) is 29.2 Å². The molecular weight excluding hydrogens is 653 g/mol. The number of hydrogen-bond acceptors (Lipinski definition) is 5. The van der Waals surface area contributed by atoms with Crippen LogP contribution in [0.2, 0.25) is 10.0 Å². The summed E-state index contributed by atoms with van der Waals surface area (Å²) in [6.45, 7) is 3.71. The third kappa shape index (κ3) is 9.21. The fraction of sp³-hybridized carbons (Fsp3) is 0.400. The lowest BCUT2D eigenvalue weighted by atomic mass is 9.99. The van der Waals surface area contributed by atoms with Crippen LogP contribution in [-0.4, -0.2) is 72.5 Å². The van der Waals surface area contributed by atoms with Gasteiger partial charge in [-0.2, -0.15) is 0 Å². The van der Waals surface area contributed by atoms with Crippen molar-refractivity contribution in [2.45, 2.75) is 69.1 Å². The van der Waals surface area contributed by atoms with Crippen molar-refractivity contribution in [3.63, 3.8) is 0 Å². The highest BCUT2D eigenvalue weighted by atomic mass is 35.5. The van der Waals surface area contributed by atoms with E-state index < -0.39 is 6.04 Å². The minimum absolute atomic E-state index is 0.0246. The monoisotopic (exact) mass is 699 g/mol. The summed E-state index contributed by atoms with van der Waals surface area (Å²) in [4.78, 5) is 32.8. The number of halogens is 2. The number of rotatable bonds is 13. The number of piperazine rings is 1.